The summed E-state index contributed by atoms with van der Waals surface area (Å²) in [5, 5.41) is 7.46. The molecule has 0 radical (unpaired) electrons. The molecule has 2 atom stereocenters. The van der Waals surface area contributed by atoms with E-state index >= 15 is 0 Å². The van der Waals surface area contributed by atoms with Crippen LogP contribution in [0.3, 0.4) is 0 Å². The highest BCUT2D eigenvalue weighted by molar-refractivity contribution is 5.92. The number of amides is 1. The number of piperidine rings is 1. The lowest BCUT2D eigenvalue weighted by Crippen LogP contribution is -2.48. The first kappa shape index (κ1) is 10.8. The zero-order valence-electron chi connectivity index (χ0n) is 10.1. The molecule has 3 rings (SSSR count). The van der Waals surface area contributed by atoms with Gasteiger partial charge in [0, 0.05) is 38.9 Å². The molecule has 92 valence electrons. The van der Waals surface area contributed by atoms with Gasteiger partial charge in [0.05, 0.1) is 0 Å². The maximum Gasteiger partial charge on any atom is 0.272 e. The molecule has 0 aliphatic carbocycles. The number of hydrogen-bond acceptors (Lipinski definition) is 3. The van der Waals surface area contributed by atoms with Crippen molar-refractivity contribution < 1.29 is 4.79 Å². The largest absolute Gasteiger partial charge is 0.333 e. The van der Waals surface area contributed by atoms with Crippen molar-refractivity contribution in [2.24, 2.45) is 13.0 Å². The first-order valence-corrected chi connectivity index (χ1v) is 6.27. The lowest BCUT2D eigenvalue weighted by atomic mass is 9.92. The fraction of sp³-hybridized carbons (Fsp3) is 0.667. The summed E-state index contributed by atoms with van der Waals surface area (Å²) in [5.74, 6) is 0.768. The molecule has 0 aromatic carbocycles. The number of rotatable bonds is 1. The van der Waals surface area contributed by atoms with Gasteiger partial charge >= 0.3 is 0 Å². The van der Waals surface area contributed by atoms with Crippen LogP contribution in [0.4, 0.5) is 0 Å². The van der Waals surface area contributed by atoms with Crippen molar-refractivity contribution in [2.45, 2.75) is 18.9 Å². The monoisotopic (exact) mass is 234 g/mol. The van der Waals surface area contributed by atoms with E-state index in [1.807, 2.05) is 11.9 Å². The van der Waals surface area contributed by atoms with Crippen molar-refractivity contribution in [1.29, 1.82) is 0 Å². The summed E-state index contributed by atoms with van der Waals surface area (Å²) in [5.41, 5.74) is 0.692. The van der Waals surface area contributed by atoms with E-state index in [0.717, 1.165) is 26.1 Å². The molecule has 2 aliphatic rings. The number of aromatic nitrogens is 2. The van der Waals surface area contributed by atoms with E-state index in [9.17, 15) is 4.79 Å². The van der Waals surface area contributed by atoms with Crippen LogP contribution in [-0.2, 0) is 7.05 Å². The average Bonchev–Trinajstić information content (AvgIpc) is 2.95. The van der Waals surface area contributed by atoms with Crippen LogP contribution in [0.15, 0.2) is 12.3 Å². The molecule has 0 saturated carbocycles. The third-order valence-corrected chi connectivity index (χ3v) is 3.98. The van der Waals surface area contributed by atoms with Gasteiger partial charge in [0.2, 0.25) is 0 Å². The number of carbonyl (C=O) groups excluding carboxylic acids is 1. The second kappa shape index (κ2) is 4.14. The Kier molecular flexibility index (Phi) is 2.63. The Morgan fingerprint density at radius 3 is 3.18 bits per heavy atom. The number of fused-ring (bicyclic) bond motifs is 1. The number of likely N-dealkylation sites (tertiary alicyclic amines) is 1. The fourth-order valence-electron chi connectivity index (χ4n) is 3.05. The molecule has 2 unspecified atom stereocenters. The molecule has 17 heavy (non-hydrogen) atoms. The lowest BCUT2D eigenvalue weighted by molar-refractivity contribution is 0.0563. The minimum absolute atomic E-state index is 0.128. The van der Waals surface area contributed by atoms with Crippen molar-refractivity contribution in [2.75, 3.05) is 19.6 Å². The Bertz CT molecular complexity index is 428. The summed E-state index contributed by atoms with van der Waals surface area (Å²) in [6.07, 6.45) is 4.04. The minimum Gasteiger partial charge on any atom is -0.333 e. The standard InChI is InChI=1S/C12H18N4O/c1-15-10(4-5-14-15)12(17)16-6-2-3-9-7-13-8-11(9)16/h4-5,9,11,13H,2-3,6-8H2,1H3. The van der Waals surface area contributed by atoms with Crippen molar-refractivity contribution >= 4 is 5.91 Å². The third-order valence-electron chi connectivity index (χ3n) is 3.98. The first-order chi connectivity index (χ1) is 8.27. The Labute approximate surface area is 101 Å². The molecule has 0 spiro atoms. The quantitative estimate of drug-likeness (QED) is 0.757. The van der Waals surface area contributed by atoms with E-state index in [-0.39, 0.29) is 5.91 Å². The normalized spacial score (nSPS) is 28.2. The minimum atomic E-state index is 0.128. The Hall–Kier alpha value is -1.36. The molecule has 2 saturated heterocycles. The molecule has 0 bridgehead atoms. The van der Waals surface area contributed by atoms with Gasteiger partial charge in [-0.25, -0.2) is 0 Å². The van der Waals surface area contributed by atoms with Crippen LogP contribution in [0.1, 0.15) is 23.3 Å². The van der Waals surface area contributed by atoms with Crippen LogP contribution in [0.5, 0.6) is 0 Å². The summed E-state index contributed by atoms with van der Waals surface area (Å²) in [6.45, 7) is 2.88. The van der Waals surface area contributed by atoms with Crippen molar-refractivity contribution in [3.8, 4) is 0 Å². The van der Waals surface area contributed by atoms with Gasteiger partial charge < -0.3 is 10.2 Å². The molecule has 1 N–H and O–H groups in total. The Morgan fingerprint density at radius 1 is 1.53 bits per heavy atom. The van der Waals surface area contributed by atoms with Crippen molar-refractivity contribution in [1.82, 2.24) is 20.0 Å². The molecule has 1 aromatic heterocycles. The molecule has 2 aliphatic heterocycles. The summed E-state index contributed by atoms with van der Waals surface area (Å²) in [4.78, 5) is 14.5. The van der Waals surface area contributed by atoms with Gasteiger partial charge in [-0.15, -0.1) is 0 Å². The molecular formula is C12H18N4O. The van der Waals surface area contributed by atoms with Gasteiger partial charge in [0.1, 0.15) is 5.69 Å². The van der Waals surface area contributed by atoms with E-state index in [2.05, 4.69) is 10.4 Å². The van der Waals surface area contributed by atoms with Gasteiger partial charge in [0.25, 0.3) is 5.91 Å². The Balaban J connectivity index is 1.83. The van der Waals surface area contributed by atoms with E-state index in [1.54, 1.807) is 16.9 Å². The SMILES string of the molecule is Cn1nccc1C(=O)N1CCCC2CNCC21. The predicted molar refractivity (Wildman–Crippen MR) is 63.6 cm³/mol. The number of carbonyl (C=O) groups is 1. The number of nitrogens with zero attached hydrogens (tertiary/aromatic N) is 3. The van der Waals surface area contributed by atoms with Gasteiger partial charge in [-0.05, 0) is 24.8 Å². The van der Waals surface area contributed by atoms with Gasteiger partial charge in [-0.3, -0.25) is 9.48 Å². The van der Waals surface area contributed by atoms with Crippen molar-refractivity contribution in [3.63, 3.8) is 0 Å². The molecule has 5 nitrogen and oxygen atoms in total. The molecule has 1 amide bonds. The number of aryl methyl sites for hydroxylation is 1. The molecule has 3 heterocycles. The topological polar surface area (TPSA) is 50.2 Å². The van der Waals surface area contributed by atoms with Crippen LogP contribution in [0.2, 0.25) is 0 Å². The van der Waals surface area contributed by atoms with Crippen LogP contribution in [-0.4, -0.2) is 46.3 Å². The summed E-state index contributed by atoms with van der Waals surface area (Å²) in [6, 6.07) is 2.18. The predicted octanol–water partition coefficient (Wildman–Crippen LogP) is 0.244. The molecule has 2 fully saturated rings. The maximum absolute atomic E-state index is 12.5. The zero-order valence-corrected chi connectivity index (χ0v) is 10.1. The van der Waals surface area contributed by atoms with Crippen LogP contribution in [0, 0.1) is 5.92 Å². The van der Waals surface area contributed by atoms with E-state index in [0.29, 0.717) is 17.7 Å². The maximum atomic E-state index is 12.5. The molecular weight excluding hydrogens is 216 g/mol. The average molecular weight is 234 g/mol. The highest BCUT2D eigenvalue weighted by atomic mass is 16.2. The summed E-state index contributed by atoms with van der Waals surface area (Å²) >= 11 is 0. The van der Waals surface area contributed by atoms with E-state index in [1.165, 1.54) is 6.42 Å². The summed E-state index contributed by atoms with van der Waals surface area (Å²) in [7, 11) is 1.82. The first-order valence-electron chi connectivity index (χ1n) is 6.27. The van der Waals surface area contributed by atoms with E-state index in [4.69, 9.17) is 0 Å². The van der Waals surface area contributed by atoms with E-state index < -0.39 is 0 Å². The van der Waals surface area contributed by atoms with Crippen molar-refractivity contribution in [3.05, 3.63) is 18.0 Å². The second-order valence-corrected chi connectivity index (χ2v) is 4.97. The van der Waals surface area contributed by atoms with Gasteiger partial charge in [-0.2, -0.15) is 5.10 Å². The second-order valence-electron chi connectivity index (χ2n) is 4.97. The van der Waals surface area contributed by atoms with Crippen LogP contribution in [0.25, 0.3) is 0 Å². The smallest absolute Gasteiger partial charge is 0.272 e. The number of hydrogen-bond donors (Lipinski definition) is 1. The fourth-order valence-corrected chi connectivity index (χ4v) is 3.05. The highest BCUT2D eigenvalue weighted by Crippen LogP contribution is 2.27. The number of nitrogens with one attached hydrogen (secondary N) is 1. The summed E-state index contributed by atoms with van der Waals surface area (Å²) < 4.78 is 1.66. The van der Waals surface area contributed by atoms with Crippen LogP contribution < -0.4 is 5.32 Å². The Morgan fingerprint density at radius 2 is 2.41 bits per heavy atom. The van der Waals surface area contributed by atoms with Gasteiger partial charge in [-0.1, -0.05) is 0 Å². The third kappa shape index (κ3) is 1.74. The lowest BCUT2D eigenvalue weighted by Gasteiger charge is -2.36. The molecule has 5 heteroatoms. The molecule has 1 aromatic rings. The highest BCUT2D eigenvalue weighted by Gasteiger charge is 2.38. The van der Waals surface area contributed by atoms with Gasteiger partial charge in [0.15, 0.2) is 0 Å². The zero-order chi connectivity index (χ0) is 11.8. The van der Waals surface area contributed by atoms with Crippen LogP contribution >= 0.6 is 0 Å².